The standard InChI is InChI=1S/C9H13.3C7H15N.Hf/c1-2-3-6-9-7-4-5-8-9;3*1-4-7-8(5-2)6-3;/h4,7H,2-3,5-6H2,1H3;3*4H,1,5-7H2,2-3H3;/q-1;;;;. The van der Waals surface area contributed by atoms with Crippen LogP contribution in [-0.2, 0) is 25.8 Å². The fraction of sp³-hybridized carbons (Fsp3) is 0.667. The van der Waals surface area contributed by atoms with Gasteiger partial charge in [0.05, 0.1) is 0 Å². The van der Waals surface area contributed by atoms with Crippen LogP contribution in [0.15, 0.2) is 55.7 Å². The molecule has 4 heteroatoms. The van der Waals surface area contributed by atoms with Crippen LogP contribution in [0.2, 0.25) is 0 Å². The summed E-state index contributed by atoms with van der Waals surface area (Å²) >= 11 is 0. The summed E-state index contributed by atoms with van der Waals surface area (Å²) < 4.78 is 0. The summed E-state index contributed by atoms with van der Waals surface area (Å²) in [7, 11) is 0. The maximum absolute atomic E-state index is 3.65. The van der Waals surface area contributed by atoms with Crippen molar-refractivity contribution in [2.45, 2.75) is 74.1 Å². The van der Waals surface area contributed by atoms with Crippen LogP contribution in [0.25, 0.3) is 0 Å². The summed E-state index contributed by atoms with van der Waals surface area (Å²) in [6, 6.07) is 0. The van der Waals surface area contributed by atoms with Crippen molar-refractivity contribution in [1.29, 1.82) is 0 Å². The van der Waals surface area contributed by atoms with Gasteiger partial charge in [-0.2, -0.15) is 6.08 Å². The predicted molar refractivity (Wildman–Crippen MR) is 154 cm³/mol. The summed E-state index contributed by atoms with van der Waals surface area (Å²) in [5, 5.41) is 0. The molecule has 0 aromatic carbocycles. The molecule has 0 heterocycles. The van der Waals surface area contributed by atoms with Crippen LogP contribution in [0.5, 0.6) is 0 Å². The number of likely N-dealkylation sites (N-methyl/N-ethyl adjacent to an activating group) is 3. The average molecular weight is 639 g/mol. The molecule has 1 rings (SSSR count). The zero-order valence-electron chi connectivity index (χ0n) is 24.0. The van der Waals surface area contributed by atoms with Crippen LogP contribution in [0.3, 0.4) is 0 Å². The van der Waals surface area contributed by atoms with Crippen LogP contribution in [0.4, 0.5) is 0 Å². The van der Waals surface area contributed by atoms with Crippen molar-refractivity contribution in [1.82, 2.24) is 14.7 Å². The number of nitrogens with zero attached hydrogens (tertiary/aromatic N) is 3. The molecule has 34 heavy (non-hydrogen) atoms. The van der Waals surface area contributed by atoms with Gasteiger partial charge in [-0.15, -0.1) is 26.2 Å². The van der Waals surface area contributed by atoms with Crippen molar-refractivity contribution >= 4 is 0 Å². The monoisotopic (exact) mass is 640 g/mol. The molecule has 0 bridgehead atoms. The molecule has 0 atom stereocenters. The van der Waals surface area contributed by atoms with Crippen molar-refractivity contribution in [2.24, 2.45) is 0 Å². The molecule has 198 valence electrons. The van der Waals surface area contributed by atoms with Crippen LogP contribution >= 0.6 is 0 Å². The Kier molecular flexibility index (Phi) is 41.3. The fourth-order valence-corrected chi connectivity index (χ4v) is 2.98. The summed E-state index contributed by atoms with van der Waals surface area (Å²) in [5.74, 6) is 0. The molecule has 0 saturated carbocycles. The van der Waals surface area contributed by atoms with Crippen LogP contribution < -0.4 is 0 Å². The Morgan fingerprint density at radius 3 is 1.24 bits per heavy atom. The first-order valence-electron chi connectivity index (χ1n) is 13.2. The zero-order chi connectivity index (χ0) is 25.7. The minimum atomic E-state index is 0. The zero-order valence-corrected chi connectivity index (χ0v) is 27.6. The molecule has 0 fully saturated rings. The van der Waals surface area contributed by atoms with E-state index < -0.39 is 0 Å². The largest absolute Gasteiger partial charge is 0.300 e. The molecule has 3 nitrogen and oxygen atoms in total. The van der Waals surface area contributed by atoms with E-state index in [0.717, 1.165) is 65.3 Å². The SMILES string of the molecule is C=CCN(CC)CC.C=CCN(CC)CC.C=CCN(CC)CC.CCCCC1=[C-]CC=C1.[Hf]. The Balaban J connectivity index is -0.000000175. The van der Waals surface area contributed by atoms with Gasteiger partial charge in [0, 0.05) is 45.5 Å². The van der Waals surface area contributed by atoms with Crippen LogP contribution in [-0.4, -0.2) is 73.6 Å². The second-order valence-electron chi connectivity index (χ2n) is 7.74. The van der Waals surface area contributed by atoms with Crippen molar-refractivity contribution in [2.75, 3.05) is 58.9 Å². The maximum atomic E-state index is 3.65. The molecule has 0 N–H and O–H groups in total. The number of hydrogen-bond acceptors (Lipinski definition) is 3. The summed E-state index contributed by atoms with van der Waals surface area (Å²) in [6.07, 6.45) is 18.3. The Hall–Kier alpha value is -0.550. The minimum Gasteiger partial charge on any atom is -0.300 e. The second-order valence-corrected chi connectivity index (χ2v) is 7.74. The average Bonchev–Trinajstić information content (AvgIpc) is 3.38. The molecule has 0 saturated heterocycles. The fourth-order valence-electron chi connectivity index (χ4n) is 2.98. The van der Waals surface area contributed by atoms with Gasteiger partial charge in [-0.05, 0) is 39.3 Å². The van der Waals surface area contributed by atoms with E-state index in [1.54, 1.807) is 0 Å². The van der Waals surface area contributed by atoms with Gasteiger partial charge < -0.3 is 14.7 Å². The molecule has 0 aromatic heterocycles. The van der Waals surface area contributed by atoms with Gasteiger partial charge in [0.15, 0.2) is 0 Å². The normalized spacial score (nSPS) is 11.3. The summed E-state index contributed by atoms with van der Waals surface area (Å²) in [6.45, 7) is 36.0. The minimum absolute atomic E-state index is 0. The van der Waals surface area contributed by atoms with Crippen molar-refractivity contribution in [3.05, 3.63) is 61.8 Å². The van der Waals surface area contributed by atoms with Crippen molar-refractivity contribution < 1.29 is 25.8 Å². The third-order valence-corrected chi connectivity index (χ3v) is 5.41. The van der Waals surface area contributed by atoms with Crippen molar-refractivity contribution in [3.63, 3.8) is 0 Å². The molecule has 0 radical (unpaired) electrons. The van der Waals surface area contributed by atoms with Gasteiger partial charge >= 0.3 is 0 Å². The van der Waals surface area contributed by atoms with E-state index >= 15 is 0 Å². The maximum Gasteiger partial charge on any atom is 0.0160 e. The molecule has 0 aliphatic heterocycles. The molecule has 0 aromatic rings. The molecular formula is C30H58HfN3-. The Labute approximate surface area is 234 Å². The van der Waals surface area contributed by atoms with E-state index in [4.69, 9.17) is 0 Å². The van der Waals surface area contributed by atoms with Gasteiger partial charge in [0.25, 0.3) is 0 Å². The van der Waals surface area contributed by atoms with E-state index in [1.165, 1.54) is 24.8 Å². The Bertz CT molecular complexity index is 431. The topological polar surface area (TPSA) is 9.72 Å². The number of unbranched alkanes of at least 4 members (excludes halogenated alkanes) is 1. The summed E-state index contributed by atoms with van der Waals surface area (Å²) in [4.78, 5) is 6.94. The number of hydrogen-bond donors (Lipinski definition) is 0. The van der Waals surface area contributed by atoms with E-state index in [9.17, 15) is 0 Å². The van der Waals surface area contributed by atoms with Gasteiger partial charge in [-0.1, -0.05) is 86.0 Å². The van der Waals surface area contributed by atoms with Crippen molar-refractivity contribution in [3.8, 4) is 0 Å². The van der Waals surface area contributed by atoms with Gasteiger partial charge in [-0.25, -0.2) is 11.6 Å². The summed E-state index contributed by atoms with van der Waals surface area (Å²) in [5.41, 5.74) is 1.41. The molecule has 0 unspecified atom stereocenters. The third-order valence-electron chi connectivity index (χ3n) is 5.41. The number of allylic oxidation sites excluding steroid dienone is 4. The van der Waals surface area contributed by atoms with Crippen LogP contribution in [0.1, 0.15) is 74.1 Å². The number of rotatable bonds is 15. The first kappa shape index (κ1) is 40.6. The molecule has 1 aliphatic carbocycles. The van der Waals surface area contributed by atoms with E-state index in [0.29, 0.717) is 0 Å². The van der Waals surface area contributed by atoms with Gasteiger partial charge in [0.1, 0.15) is 0 Å². The van der Waals surface area contributed by atoms with E-state index in [2.05, 4.69) is 101 Å². The predicted octanol–water partition coefficient (Wildman–Crippen LogP) is 7.41. The Morgan fingerprint density at radius 1 is 0.706 bits per heavy atom. The quantitative estimate of drug-likeness (QED) is 0.105. The van der Waals surface area contributed by atoms with Crippen LogP contribution in [0, 0.1) is 6.08 Å². The molecule has 0 spiro atoms. The van der Waals surface area contributed by atoms with E-state index in [1.807, 2.05) is 18.2 Å². The Morgan fingerprint density at radius 2 is 1.06 bits per heavy atom. The third kappa shape index (κ3) is 29.5. The molecule has 1 aliphatic rings. The second kappa shape index (κ2) is 34.6. The molecular weight excluding hydrogens is 581 g/mol. The van der Waals surface area contributed by atoms with Gasteiger partial charge in [0.2, 0.25) is 0 Å². The molecule has 0 amide bonds. The smallest absolute Gasteiger partial charge is 0.0160 e. The first-order valence-corrected chi connectivity index (χ1v) is 13.2. The van der Waals surface area contributed by atoms with Gasteiger partial charge in [-0.3, -0.25) is 6.08 Å². The first-order chi connectivity index (χ1) is 16.0. The van der Waals surface area contributed by atoms with E-state index in [-0.39, 0.29) is 25.8 Å².